The molecular weight excluding hydrogens is 270 g/mol. The molecule has 1 aromatic carbocycles. The van der Waals surface area contributed by atoms with Crippen LogP contribution in [0.15, 0.2) is 18.2 Å². The minimum absolute atomic E-state index is 0.0140. The van der Waals surface area contributed by atoms with Crippen LogP contribution in [0.5, 0.6) is 0 Å². The molecular formula is C15H21N3O3. The summed E-state index contributed by atoms with van der Waals surface area (Å²) in [5.41, 5.74) is 6.70. The Morgan fingerprint density at radius 2 is 1.95 bits per heavy atom. The zero-order valence-corrected chi connectivity index (χ0v) is 12.4. The fourth-order valence-corrected chi connectivity index (χ4v) is 2.90. The monoisotopic (exact) mass is 291 g/mol. The van der Waals surface area contributed by atoms with E-state index in [1.54, 1.807) is 31.0 Å². The molecule has 114 valence electrons. The van der Waals surface area contributed by atoms with E-state index in [9.17, 15) is 14.9 Å². The molecule has 0 unspecified atom stereocenters. The molecule has 2 rings (SSSR count). The van der Waals surface area contributed by atoms with Gasteiger partial charge in [0.05, 0.1) is 4.92 Å². The van der Waals surface area contributed by atoms with Gasteiger partial charge >= 0.3 is 0 Å². The molecule has 1 aromatic rings. The standard InChI is InChI=1S/C15H21N3O3/c1-10-13(4-3-5-14(10)18(20)21)15(19)17(2)12-8-6-11(16)7-9-12/h3-5,11-12H,6-9,16H2,1-2H3. The number of nitro benzene ring substituents is 1. The van der Waals surface area contributed by atoms with Gasteiger partial charge in [-0.15, -0.1) is 0 Å². The van der Waals surface area contributed by atoms with Crippen molar-refractivity contribution in [1.29, 1.82) is 0 Å². The van der Waals surface area contributed by atoms with Gasteiger partial charge in [0, 0.05) is 36.3 Å². The topological polar surface area (TPSA) is 89.5 Å². The van der Waals surface area contributed by atoms with Crippen LogP contribution in [0.2, 0.25) is 0 Å². The number of carbonyl (C=O) groups excluding carboxylic acids is 1. The fourth-order valence-electron chi connectivity index (χ4n) is 2.90. The highest BCUT2D eigenvalue weighted by Gasteiger charge is 2.27. The second-order valence-electron chi connectivity index (χ2n) is 5.69. The summed E-state index contributed by atoms with van der Waals surface area (Å²) in [5.74, 6) is -0.156. The molecule has 0 radical (unpaired) electrons. The largest absolute Gasteiger partial charge is 0.339 e. The molecule has 0 atom stereocenters. The number of rotatable bonds is 3. The van der Waals surface area contributed by atoms with Crippen molar-refractivity contribution in [1.82, 2.24) is 4.90 Å². The van der Waals surface area contributed by atoms with Crippen LogP contribution in [-0.2, 0) is 0 Å². The highest BCUT2D eigenvalue weighted by molar-refractivity contribution is 5.96. The van der Waals surface area contributed by atoms with Gasteiger partial charge in [-0.25, -0.2) is 0 Å². The lowest BCUT2D eigenvalue weighted by Gasteiger charge is -2.33. The van der Waals surface area contributed by atoms with Crippen LogP contribution >= 0.6 is 0 Å². The van der Waals surface area contributed by atoms with Gasteiger partial charge in [-0.3, -0.25) is 14.9 Å². The van der Waals surface area contributed by atoms with Gasteiger partial charge in [-0.1, -0.05) is 6.07 Å². The summed E-state index contributed by atoms with van der Waals surface area (Å²) in [6, 6.07) is 5.02. The highest BCUT2D eigenvalue weighted by Crippen LogP contribution is 2.26. The van der Waals surface area contributed by atoms with Gasteiger partial charge in [0.1, 0.15) is 0 Å². The third-order valence-corrected chi connectivity index (χ3v) is 4.34. The third-order valence-electron chi connectivity index (χ3n) is 4.34. The Labute approximate surface area is 124 Å². The molecule has 1 aliphatic carbocycles. The van der Waals surface area contributed by atoms with E-state index in [-0.39, 0.29) is 23.7 Å². The molecule has 6 heteroatoms. The van der Waals surface area contributed by atoms with Crippen molar-refractivity contribution in [3.8, 4) is 0 Å². The maximum Gasteiger partial charge on any atom is 0.273 e. The van der Waals surface area contributed by atoms with Crippen LogP contribution < -0.4 is 5.73 Å². The van der Waals surface area contributed by atoms with Crippen molar-refractivity contribution in [3.05, 3.63) is 39.4 Å². The molecule has 6 nitrogen and oxygen atoms in total. The first kappa shape index (κ1) is 15.4. The van der Waals surface area contributed by atoms with Crippen LogP contribution in [0.3, 0.4) is 0 Å². The molecule has 0 heterocycles. The van der Waals surface area contributed by atoms with E-state index in [4.69, 9.17) is 5.73 Å². The van der Waals surface area contributed by atoms with Gasteiger partial charge in [0.25, 0.3) is 11.6 Å². The first-order chi connectivity index (χ1) is 9.91. The number of carbonyl (C=O) groups is 1. The first-order valence-electron chi connectivity index (χ1n) is 7.18. The van der Waals surface area contributed by atoms with E-state index in [1.807, 2.05) is 0 Å². The summed E-state index contributed by atoms with van der Waals surface area (Å²) in [5, 5.41) is 11.0. The van der Waals surface area contributed by atoms with Crippen LogP contribution in [-0.4, -0.2) is 34.9 Å². The van der Waals surface area contributed by atoms with Crippen molar-refractivity contribution in [2.45, 2.75) is 44.7 Å². The Kier molecular flexibility index (Phi) is 4.57. The molecule has 1 amide bonds. The van der Waals surface area contributed by atoms with E-state index in [1.165, 1.54) is 6.07 Å². The molecule has 0 aromatic heterocycles. The van der Waals surface area contributed by atoms with E-state index >= 15 is 0 Å². The second-order valence-corrected chi connectivity index (χ2v) is 5.69. The molecule has 1 aliphatic rings. The summed E-state index contributed by atoms with van der Waals surface area (Å²) in [7, 11) is 1.77. The zero-order valence-electron chi connectivity index (χ0n) is 12.4. The molecule has 1 fully saturated rings. The van der Waals surface area contributed by atoms with Crippen molar-refractivity contribution in [2.24, 2.45) is 5.73 Å². The number of hydrogen-bond acceptors (Lipinski definition) is 4. The fraction of sp³-hybridized carbons (Fsp3) is 0.533. The zero-order chi connectivity index (χ0) is 15.6. The Morgan fingerprint density at radius 3 is 2.52 bits per heavy atom. The van der Waals surface area contributed by atoms with Gasteiger partial charge in [0.15, 0.2) is 0 Å². The van der Waals surface area contributed by atoms with Crippen molar-refractivity contribution in [3.63, 3.8) is 0 Å². The number of amides is 1. The average Bonchev–Trinajstić information content (AvgIpc) is 2.46. The molecule has 2 N–H and O–H groups in total. The lowest BCUT2D eigenvalue weighted by molar-refractivity contribution is -0.385. The van der Waals surface area contributed by atoms with Gasteiger partial charge < -0.3 is 10.6 Å². The van der Waals surface area contributed by atoms with Crippen molar-refractivity contribution in [2.75, 3.05) is 7.05 Å². The van der Waals surface area contributed by atoms with Gasteiger partial charge in [0.2, 0.25) is 0 Å². The molecule has 0 aliphatic heterocycles. The van der Waals surface area contributed by atoms with E-state index in [0.29, 0.717) is 11.1 Å². The predicted octanol–water partition coefficient (Wildman–Crippen LogP) is 2.25. The van der Waals surface area contributed by atoms with Crippen LogP contribution in [0.4, 0.5) is 5.69 Å². The Hall–Kier alpha value is -1.95. The van der Waals surface area contributed by atoms with Crippen LogP contribution in [0.25, 0.3) is 0 Å². The van der Waals surface area contributed by atoms with E-state index < -0.39 is 4.92 Å². The molecule has 0 spiro atoms. The highest BCUT2D eigenvalue weighted by atomic mass is 16.6. The number of nitro groups is 1. The summed E-state index contributed by atoms with van der Waals surface area (Å²) >= 11 is 0. The normalized spacial score (nSPS) is 21.9. The van der Waals surface area contributed by atoms with E-state index in [0.717, 1.165) is 25.7 Å². The summed E-state index contributed by atoms with van der Waals surface area (Å²) < 4.78 is 0. The SMILES string of the molecule is Cc1c(C(=O)N(C)C2CCC(N)CC2)cccc1[N+](=O)[O-]. The lowest BCUT2D eigenvalue weighted by Crippen LogP contribution is -2.42. The smallest absolute Gasteiger partial charge is 0.273 e. The van der Waals surface area contributed by atoms with Gasteiger partial charge in [-0.2, -0.15) is 0 Å². The quantitative estimate of drug-likeness (QED) is 0.683. The summed E-state index contributed by atoms with van der Waals surface area (Å²) in [4.78, 5) is 24.8. The van der Waals surface area contributed by atoms with Crippen LogP contribution in [0.1, 0.15) is 41.6 Å². The predicted molar refractivity (Wildman–Crippen MR) is 80.2 cm³/mol. The summed E-state index contributed by atoms with van der Waals surface area (Å²) in [6.45, 7) is 1.62. The number of benzene rings is 1. The second kappa shape index (κ2) is 6.22. The minimum atomic E-state index is -0.453. The summed E-state index contributed by atoms with van der Waals surface area (Å²) in [6.07, 6.45) is 3.60. The molecule has 0 saturated heterocycles. The van der Waals surface area contributed by atoms with Crippen LogP contribution in [0, 0.1) is 17.0 Å². The lowest BCUT2D eigenvalue weighted by atomic mass is 9.90. The molecule has 0 bridgehead atoms. The Morgan fingerprint density at radius 1 is 1.33 bits per heavy atom. The Balaban J connectivity index is 2.20. The maximum atomic E-state index is 12.6. The van der Waals surface area contributed by atoms with Gasteiger partial charge in [-0.05, 0) is 38.7 Å². The number of nitrogens with two attached hydrogens (primary N) is 1. The Bertz CT molecular complexity index is 551. The van der Waals surface area contributed by atoms with Crippen molar-refractivity contribution >= 4 is 11.6 Å². The number of nitrogens with zero attached hydrogens (tertiary/aromatic N) is 2. The van der Waals surface area contributed by atoms with E-state index in [2.05, 4.69) is 0 Å². The average molecular weight is 291 g/mol. The first-order valence-corrected chi connectivity index (χ1v) is 7.18. The molecule has 21 heavy (non-hydrogen) atoms. The maximum absolute atomic E-state index is 12.6. The third kappa shape index (κ3) is 3.21. The van der Waals surface area contributed by atoms with Crippen molar-refractivity contribution < 1.29 is 9.72 Å². The molecule has 1 saturated carbocycles. The number of hydrogen-bond donors (Lipinski definition) is 1. The minimum Gasteiger partial charge on any atom is -0.339 e.